The van der Waals surface area contributed by atoms with Crippen molar-refractivity contribution >= 4 is 0 Å². The Morgan fingerprint density at radius 2 is 2.08 bits per heavy atom. The van der Waals surface area contributed by atoms with Gasteiger partial charge < -0.3 is 19.5 Å². The van der Waals surface area contributed by atoms with Gasteiger partial charge >= 0.3 is 0 Å². The summed E-state index contributed by atoms with van der Waals surface area (Å²) < 4.78 is 18.9. The Bertz CT molecular complexity index is 701. The molecule has 6 heteroatoms. The number of rotatable bonds is 5. The highest BCUT2D eigenvalue weighted by molar-refractivity contribution is 5.43. The van der Waals surface area contributed by atoms with Crippen LogP contribution in [0.5, 0.6) is 11.5 Å². The highest BCUT2D eigenvalue weighted by Gasteiger charge is 2.30. The highest BCUT2D eigenvalue weighted by Crippen LogP contribution is 2.34. The third kappa shape index (κ3) is 3.25. The molecule has 3 heterocycles. The minimum atomic E-state index is 0.145. The first kappa shape index (κ1) is 15.5. The van der Waals surface area contributed by atoms with Gasteiger partial charge in [-0.1, -0.05) is 6.07 Å². The van der Waals surface area contributed by atoms with Crippen LogP contribution in [0.1, 0.15) is 23.7 Å². The maximum absolute atomic E-state index is 5.91. The molecule has 2 atom stereocenters. The third-order valence-electron chi connectivity index (χ3n) is 4.61. The topological polar surface area (TPSA) is 57.5 Å². The maximum atomic E-state index is 5.91. The molecule has 1 aromatic heterocycles. The predicted octanol–water partition coefficient (Wildman–Crippen LogP) is 2.06. The smallest absolute Gasteiger partial charge is 0.161 e. The Labute approximate surface area is 141 Å². The van der Waals surface area contributed by atoms with E-state index >= 15 is 0 Å². The zero-order valence-corrected chi connectivity index (χ0v) is 13.9. The van der Waals surface area contributed by atoms with Crippen molar-refractivity contribution in [3.8, 4) is 11.5 Å². The summed E-state index contributed by atoms with van der Waals surface area (Å²) in [7, 11) is 1.94. The van der Waals surface area contributed by atoms with Crippen molar-refractivity contribution in [2.45, 2.75) is 19.1 Å². The van der Waals surface area contributed by atoms with E-state index in [1.807, 2.05) is 30.2 Å². The molecule has 6 nitrogen and oxygen atoms in total. The summed E-state index contributed by atoms with van der Waals surface area (Å²) in [5.74, 6) is 2.16. The number of hydrogen-bond acceptors (Lipinski definition) is 5. The molecule has 128 valence electrons. The second kappa shape index (κ2) is 6.83. The Morgan fingerprint density at radius 1 is 1.21 bits per heavy atom. The van der Waals surface area contributed by atoms with E-state index < -0.39 is 0 Å². The van der Waals surface area contributed by atoms with Gasteiger partial charge in [0.05, 0.1) is 12.3 Å². The largest absolute Gasteiger partial charge is 0.486 e. The molecule has 1 aromatic carbocycles. The first-order valence-corrected chi connectivity index (χ1v) is 8.49. The lowest BCUT2D eigenvalue weighted by atomic mass is 9.97. The summed E-state index contributed by atoms with van der Waals surface area (Å²) in [6, 6.07) is 6.14. The average molecular weight is 329 g/mol. The van der Waals surface area contributed by atoms with Gasteiger partial charge in [0.15, 0.2) is 11.5 Å². The number of hydrogen-bond donors (Lipinski definition) is 1. The Kier molecular flexibility index (Phi) is 4.40. The van der Waals surface area contributed by atoms with E-state index in [4.69, 9.17) is 14.2 Å². The molecule has 0 spiro atoms. The first-order chi connectivity index (χ1) is 11.8. The van der Waals surface area contributed by atoms with Gasteiger partial charge in [-0.05, 0) is 24.1 Å². The molecule has 2 aliphatic heterocycles. The highest BCUT2D eigenvalue weighted by atomic mass is 16.6. The summed E-state index contributed by atoms with van der Waals surface area (Å²) in [4.78, 5) is 0. The van der Waals surface area contributed by atoms with Crippen molar-refractivity contribution in [1.29, 1.82) is 0 Å². The van der Waals surface area contributed by atoms with Gasteiger partial charge in [-0.2, -0.15) is 5.10 Å². The van der Waals surface area contributed by atoms with Crippen LogP contribution in [0.25, 0.3) is 0 Å². The van der Waals surface area contributed by atoms with Crippen molar-refractivity contribution in [1.82, 2.24) is 15.1 Å². The molecule has 1 saturated heterocycles. The van der Waals surface area contributed by atoms with E-state index in [1.165, 1.54) is 11.1 Å². The maximum Gasteiger partial charge on any atom is 0.161 e. The lowest BCUT2D eigenvalue weighted by Gasteiger charge is -2.20. The van der Waals surface area contributed by atoms with Gasteiger partial charge in [-0.15, -0.1) is 0 Å². The van der Waals surface area contributed by atoms with Crippen LogP contribution in [0.3, 0.4) is 0 Å². The van der Waals surface area contributed by atoms with E-state index in [1.54, 1.807) is 0 Å². The number of nitrogens with zero attached hydrogens (tertiary/aromatic N) is 2. The fourth-order valence-corrected chi connectivity index (χ4v) is 3.40. The molecular weight excluding hydrogens is 306 g/mol. The predicted molar refractivity (Wildman–Crippen MR) is 89.1 cm³/mol. The second-order valence-corrected chi connectivity index (χ2v) is 6.40. The molecular formula is C18H23N3O3. The van der Waals surface area contributed by atoms with E-state index in [0.717, 1.165) is 37.6 Å². The zero-order valence-electron chi connectivity index (χ0n) is 13.9. The molecule has 0 aliphatic carbocycles. The summed E-state index contributed by atoms with van der Waals surface area (Å²) >= 11 is 0. The van der Waals surface area contributed by atoms with Gasteiger partial charge in [0, 0.05) is 44.4 Å². The minimum Gasteiger partial charge on any atom is -0.486 e. The summed E-state index contributed by atoms with van der Waals surface area (Å²) in [5.41, 5.74) is 2.37. The van der Waals surface area contributed by atoms with Crippen LogP contribution in [0.15, 0.2) is 30.6 Å². The standard InChI is InChI=1S/C18H23N3O3/c1-21-12-15(11-20-21)18-14(4-5-24-18)10-19-9-13-2-3-16-17(8-13)23-7-6-22-16/h2-3,8,11-12,14,18-19H,4-7,9-10H2,1H3. The zero-order chi connectivity index (χ0) is 16.4. The molecule has 0 amide bonds. The van der Waals surface area contributed by atoms with Crippen LogP contribution >= 0.6 is 0 Å². The van der Waals surface area contributed by atoms with Gasteiger partial charge in [0.2, 0.25) is 0 Å². The molecule has 0 radical (unpaired) electrons. The molecule has 24 heavy (non-hydrogen) atoms. The molecule has 1 fully saturated rings. The normalized spacial score (nSPS) is 22.7. The van der Waals surface area contributed by atoms with Crippen LogP contribution in [-0.2, 0) is 18.3 Å². The van der Waals surface area contributed by atoms with Crippen LogP contribution < -0.4 is 14.8 Å². The van der Waals surface area contributed by atoms with Crippen LogP contribution in [0.4, 0.5) is 0 Å². The number of aryl methyl sites for hydroxylation is 1. The molecule has 2 aromatic rings. The summed E-state index contributed by atoms with van der Waals surface area (Å²) in [6.07, 6.45) is 5.17. The third-order valence-corrected chi connectivity index (χ3v) is 4.61. The number of nitrogens with one attached hydrogen (secondary N) is 1. The van der Waals surface area contributed by atoms with Crippen molar-refractivity contribution in [2.24, 2.45) is 13.0 Å². The summed E-state index contributed by atoms with van der Waals surface area (Å²) in [5, 5.41) is 7.81. The van der Waals surface area contributed by atoms with Crippen molar-refractivity contribution < 1.29 is 14.2 Å². The number of aromatic nitrogens is 2. The Balaban J connectivity index is 1.33. The molecule has 0 bridgehead atoms. The Hall–Kier alpha value is -2.05. The van der Waals surface area contributed by atoms with Crippen molar-refractivity contribution in [3.05, 3.63) is 41.7 Å². The van der Waals surface area contributed by atoms with Crippen molar-refractivity contribution in [3.63, 3.8) is 0 Å². The SMILES string of the molecule is Cn1cc(C2OCCC2CNCc2ccc3c(c2)OCCO3)cn1. The fraction of sp³-hybridized carbons (Fsp3) is 0.500. The van der Waals surface area contributed by atoms with E-state index in [9.17, 15) is 0 Å². The van der Waals surface area contributed by atoms with E-state index in [2.05, 4.69) is 22.5 Å². The second-order valence-electron chi connectivity index (χ2n) is 6.40. The number of fused-ring (bicyclic) bond motifs is 1. The summed E-state index contributed by atoms with van der Waals surface area (Å²) in [6.45, 7) is 3.80. The monoisotopic (exact) mass is 329 g/mol. The molecule has 0 saturated carbocycles. The fourth-order valence-electron chi connectivity index (χ4n) is 3.40. The molecule has 2 unspecified atom stereocenters. The van der Waals surface area contributed by atoms with Gasteiger partial charge in [0.25, 0.3) is 0 Å². The van der Waals surface area contributed by atoms with Crippen LogP contribution in [0, 0.1) is 5.92 Å². The van der Waals surface area contributed by atoms with Crippen molar-refractivity contribution in [2.75, 3.05) is 26.4 Å². The molecule has 1 N–H and O–H groups in total. The van der Waals surface area contributed by atoms with E-state index in [0.29, 0.717) is 19.1 Å². The van der Waals surface area contributed by atoms with Gasteiger partial charge in [-0.3, -0.25) is 4.68 Å². The lowest BCUT2D eigenvalue weighted by molar-refractivity contribution is 0.0904. The van der Waals surface area contributed by atoms with Gasteiger partial charge in [0.1, 0.15) is 13.2 Å². The Morgan fingerprint density at radius 3 is 2.92 bits per heavy atom. The van der Waals surface area contributed by atoms with Crippen LogP contribution in [-0.4, -0.2) is 36.1 Å². The molecule has 4 rings (SSSR count). The molecule has 2 aliphatic rings. The van der Waals surface area contributed by atoms with Gasteiger partial charge in [-0.25, -0.2) is 0 Å². The number of ether oxygens (including phenoxy) is 3. The first-order valence-electron chi connectivity index (χ1n) is 8.49. The lowest BCUT2D eigenvalue weighted by Crippen LogP contribution is -2.24. The number of benzene rings is 1. The quantitative estimate of drug-likeness (QED) is 0.910. The van der Waals surface area contributed by atoms with Crippen LogP contribution in [0.2, 0.25) is 0 Å². The minimum absolute atomic E-state index is 0.145. The van der Waals surface area contributed by atoms with E-state index in [-0.39, 0.29) is 6.10 Å². The average Bonchev–Trinajstić information content (AvgIpc) is 3.23.